The summed E-state index contributed by atoms with van der Waals surface area (Å²) in [6.45, 7) is 4.81. The van der Waals surface area contributed by atoms with E-state index in [9.17, 15) is 0 Å². The van der Waals surface area contributed by atoms with E-state index in [2.05, 4.69) is 339 Å². The van der Waals surface area contributed by atoms with E-state index in [0.29, 0.717) is 0 Å². The fourth-order valence-electron chi connectivity index (χ4n) is 15.3. The average molecular weight is 1180 g/mol. The van der Waals surface area contributed by atoms with Crippen LogP contribution in [0, 0.1) is 0 Å². The molecule has 2 aliphatic rings. The van der Waals surface area contributed by atoms with Crippen molar-refractivity contribution in [3.8, 4) is 44.5 Å². The van der Waals surface area contributed by atoms with Gasteiger partial charge in [-0.3, -0.25) is 0 Å². The zero-order valence-electron chi connectivity index (χ0n) is 49.7. The second kappa shape index (κ2) is 20.5. The van der Waals surface area contributed by atoms with Crippen molar-refractivity contribution in [3.63, 3.8) is 0 Å². The molecule has 0 fully saturated rings. The first-order valence-corrected chi connectivity index (χ1v) is 32.7. The highest BCUT2D eigenvalue weighted by Gasteiger charge is 2.42. The number of hydrogen-bond donors (Lipinski definition) is 0. The molecule has 0 amide bonds. The fraction of sp³-hybridized carbons (Fsp3) is 0.0465. The topological polar surface area (TPSA) is 6.48 Å². The molecule has 2 aromatic heterocycles. The van der Waals surface area contributed by atoms with Crippen molar-refractivity contribution in [3.05, 3.63) is 349 Å². The van der Waals surface area contributed by atoms with Crippen LogP contribution in [0.4, 0.5) is 34.1 Å². The Bertz CT molecular complexity index is 5090. The molecule has 16 aromatic rings. The lowest BCUT2D eigenvalue weighted by Gasteiger charge is -2.31. The number of thiophene rings is 2. The van der Waals surface area contributed by atoms with Crippen molar-refractivity contribution in [2.24, 2.45) is 0 Å². The molecule has 0 aliphatic heterocycles. The molecule has 0 unspecified atom stereocenters. The Morgan fingerprint density at radius 2 is 0.544 bits per heavy atom. The molecule has 18 rings (SSSR count). The van der Waals surface area contributed by atoms with Gasteiger partial charge in [-0.25, -0.2) is 0 Å². The van der Waals surface area contributed by atoms with Crippen LogP contribution in [0.15, 0.2) is 315 Å². The zero-order valence-corrected chi connectivity index (χ0v) is 51.4. The van der Waals surface area contributed by atoms with Gasteiger partial charge in [-0.05, 0) is 200 Å². The van der Waals surface area contributed by atoms with Gasteiger partial charge in [0.1, 0.15) is 0 Å². The molecule has 2 heterocycles. The van der Waals surface area contributed by atoms with Gasteiger partial charge < -0.3 is 9.80 Å². The van der Waals surface area contributed by atoms with Gasteiger partial charge >= 0.3 is 0 Å². The lowest BCUT2D eigenvalue weighted by atomic mass is 9.74. The number of hydrogen-bond acceptors (Lipinski definition) is 4. The molecular weight excluding hydrogens is 1130 g/mol. The third kappa shape index (κ3) is 8.15. The van der Waals surface area contributed by atoms with Crippen molar-refractivity contribution in [1.82, 2.24) is 0 Å². The molecular formula is C86H58N2S2. The maximum Gasteiger partial charge on any atom is 0.0476 e. The van der Waals surface area contributed by atoms with Gasteiger partial charge in [0.05, 0.1) is 0 Å². The summed E-state index contributed by atoms with van der Waals surface area (Å²) in [5.41, 5.74) is 24.1. The molecule has 0 saturated carbocycles. The van der Waals surface area contributed by atoms with Crippen LogP contribution in [0.1, 0.15) is 47.2 Å². The predicted octanol–water partition coefficient (Wildman–Crippen LogP) is 24.5. The van der Waals surface area contributed by atoms with Crippen LogP contribution in [-0.2, 0) is 10.8 Å². The standard InChI is InChI=1S/C86H58N2S2/c1-85(77-31-13-9-27-69(77)70-28-10-14-32-78(70)85)61-23-17-25-65(51-61)87(63-39-35-57(36-40-63)55-19-5-3-6-20-55)67-43-45-73-75-47-59-48-76-74-46-44-68(54-84(74)90-82(76)50-60(59)49-81(75)89-83(73)53-67)88(64-41-37-58(38-42-64)56-21-7-4-8-22-56)66-26-18-24-62(52-66)86(2)79-33-15-11-29-71(79)72-30-12-16-34-80(72)86/h3-54H,1-2H3. The van der Waals surface area contributed by atoms with Gasteiger partial charge in [0, 0.05) is 85.3 Å². The summed E-state index contributed by atoms with van der Waals surface area (Å²) < 4.78 is 5.11. The minimum absolute atomic E-state index is 0.324. The van der Waals surface area contributed by atoms with Crippen LogP contribution < -0.4 is 9.80 Å². The van der Waals surface area contributed by atoms with E-state index in [0.717, 1.165) is 34.1 Å². The van der Waals surface area contributed by atoms with Crippen molar-refractivity contribution in [2.45, 2.75) is 24.7 Å². The quantitative estimate of drug-likeness (QED) is 0.135. The van der Waals surface area contributed by atoms with Crippen LogP contribution >= 0.6 is 22.7 Å². The molecule has 14 aromatic carbocycles. The SMILES string of the molecule is CC1(c2cccc(N(c3ccc(-c4ccccc4)cc3)c3ccc4c(c3)sc3cc5cc6sc7cc(N(c8ccc(-c9ccccc9)cc8)c8cccc(C9(C)c%10ccccc%10-c%10ccccc%109)c8)ccc7c6cc5cc34)c2)c2ccccc2-c2ccccc21. The highest BCUT2D eigenvalue weighted by molar-refractivity contribution is 7.26. The Morgan fingerprint density at radius 1 is 0.233 bits per heavy atom. The first-order valence-electron chi connectivity index (χ1n) is 31.1. The van der Waals surface area contributed by atoms with Gasteiger partial charge in [0.25, 0.3) is 0 Å². The molecule has 424 valence electrons. The molecule has 0 bridgehead atoms. The van der Waals surface area contributed by atoms with E-state index in [-0.39, 0.29) is 10.8 Å². The van der Waals surface area contributed by atoms with Crippen LogP contribution in [0.3, 0.4) is 0 Å². The number of rotatable bonds is 10. The number of anilines is 6. The van der Waals surface area contributed by atoms with Crippen LogP contribution in [0.25, 0.3) is 95.6 Å². The van der Waals surface area contributed by atoms with Crippen LogP contribution in [-0.4, -0.2) is 0 Å². The summed E-state index contributed by atoms with van der Waals surface area (Å²) in [5.74, 6) is 0. The van der Waals surface area contributed by atoms with Crippen molar-refractivity contribution >= 4 is 108 Å². The van der Waals surface area contributed by atoms with E-state index in [1.165, 1.54) is 129 Å². The maximum atomic E-state index is 2.45. The summed E-state index contributed by atoms with van der Waals surface area (Å²) in [4.78, 5) is 4.90. The highest BCUT2D eigenvalue weighted by Crippen LogP contribution is 2.55. The zero-order chi connectivity index (χ0) is 59.7. The van der Waals surface area contributed by atoms with Gasteiger partial charge in [0.15, 0.2) is 0 Å². The van der Waals surface area contributed by atoms with Gasteiger partial charge in [-0.2, -0.15) is 0 Å². The van der Waals surface area contributed by atoms with Gasteiger partial charge in [-0.1, -0.05) is 218 Å². The predicted molar refractivity (Wildman–Crippen MR) is 385 cm³/mol. The number of benzene rings is 14. The maximum absolute atomic E-state index is 2.45. The third-order valence-corrected chi connectivity index (χ3v) is 22.0. The molecule has 90 heavy (non-hydrogen) atoms. The molecule has 2 nitrogen and oxygen atoms in total. The smallest absolute Gasteiger partial charge is 0.0476 e. The van der Waals surface area contributed by atoms with Crippen molar-refractivity contribution < 1.29 is 0 Å². The minimum Gasteiger partial charge on any atom is -0.310 e. The average Bonchev–Trinajstić information content (AvgIpc) is 1.58. The summed E-state index contributed by atoms with van der Waals surface area (Å²) in [6.07, 6.45) is 0. The van der Waals surface area contributed by atoms with Crippen molar-refractivity contribution in [1.29, 1.82) is 0 Å². The van der Waals surface area contributed by atoms with E-state index >= 15 is 0 Å². The second-order valence-corrected chi connectivity index (χ2v) is 26.8. The Labute approximate surface area is 532 Å². The van der Waals surface area contributed by atoms with Crippen LogP contribution in [0.2, 0.25) is 0 Å². The molecule has 0 radical (unpaired) electrons. The molecule has 0 N–H and O–H groups in total. The van der Waals surface area contributed by atoms with Crippen LogP contribution in [0.5, 0.6) is 0 Å². The summed E-state index contributed by atoms with van der Waals surface area (Å²) in [5, 5.41) is 7.64. The summed E-state index contributed by atoms with van der Waals surface area (Å²) in [6, 6.07) is 118. The Hall–Kier alpha value is -10.6. The normalized spacial score (nSPS) is 13.4. The van der Waals surface area contributed by atoms with E-state index < -0.39 is 0 Å². The second-order valence-electron chi connectivity index (χ2n) is 24.6. The summed E-state index contributed by atoms with van der Waals surface area (Å²) >= 11 is 3.78. The number of fused-ring (bicyclic) bond motifs is 13. The Kier molecular flexibility index (Phi) is 11.9. The minimum atomic E-state index is -0.324. The first kappa shape index (κ1) is 52.5. The molecule has 0 spiro atoms. The summed E-state index contributed by atoms with van der Waals surface area (Å²) in [7, 11) is 0. The molecule has 4 heteroatoms. The molecule has 2 aliphatic carbocycles. The van der Waals surface area contributed by atoms with E-state index in [1.807, 2.05) is 22.7 Å². The van der Waals surface area contributed by atoms with Gasteiger partial charge in [0.2, 0.25) is 0 Å². The largest absolute Gasteiger partial charge is 0.310 e. The van der Waals surface area contributed by atoms with E-state index in [4.69, 9.17) is 0 Å². The lowest BCUT2D eigenvalue weighted by molar-refractivity contribution is 0.714. The fourth-order valence-corrected chi connectivity index (χ4v) is 17.6. The Morgan fingerprint density at radius 3 is 0.933 bits per heavy atom. The van der Waals surface area contributed by atoms with Crippen molar-refractivity contribution in [2.75, 3.05) is 9.80 Å². The Balaban J connectivity index is 0.728. The first-order chi connectivity index (χ1) is 44.3. The monoisotopic (exact) mass is 1180 g/mol. The number of nitrogens with zero attached hydrogens (tertiary/aromatic N) is 2. The molecule has 0 atom stereocenters. The van der Waals surface area contributed by atoms with E-state index in [1.54, 1.807) is 0 Å². The van der Waals surface area contributed by atoms with Gasteiger partial charge in [-0.15, -0.1) is 22.7 Å². The highest BCUT2D eigenvalue weighted by atomic mass is 32.1. The third-order valence-electron chi connectivity index (χ3n) is 19.8. The molecule has 0 saturated heterocycles. The lowest BCUT2D eigenvalue weighted by Crippen LogP contribution is -2.23.